The molecule has 2 aromatic heterocycles. The SMILES string of the molecule is COc1ccc(CC(=O)Nc2c(C#N)cnn2-c2ccccn2)cc1OC. The molecular formula is C19H17N5O3. The van der Waals surface area contributed by atoms with Crippen molar-refractivity contribution in [3.63, 3.8) is 0 Å². The maximum atomic E-state index is 12.5. The lowest BCUT2D eigenvalue weighted by Crippen LogP contribution is -2.18. The Morgan fingerprint density at radius 2 is 2.04 bits per heavy atom. The molecule has 27 heavy (non-hydrogen) atoms. The monoisotopic (exact) mass is 363 g/mol. The van der Waals surface area contributed by atoms with Gasteiger partial charge in [-0.25, -0.2) is 4.98 Å². The number of anilines is 1. The van der Waals surface area contributed by atoms with Gasteiger partial charge in [0.2, 0.25) is 5.91 Å². The van der Waals surface area contributed by atoms with Crippen LogP contribution in [0.25, 0.3) is 5.82 Å². The van der Waals surface area contributed by atoms with Crippen molar-refractivity contribution >= 4 is 11.7 Å². The number of nitrogens with zero attached hydrogens (tertiary/aromatic N) is 4. The Labute approximate surface area is 156 Å². The lowest BCUT2D eigenvalue weighted by molar-refractivity contribution is -0.115. The van der Waals surface area contributed by atoms with Crippen LogP contribution in [0.2, 0.25) is 0 Å². The topological polar surface area (TPSA) is 102 Å². The van der Waals surface area contributed by atoms with Gasteiger partial charge in [-0.1, -0.05) is 12.1 Å². The largest absolute Gasteiger partial charge is 0.493 e. The highest BCUT2D eigenvalue weighted by molar-refractivity contribution is 5.93. The molecule has 1 N–H and O–H groups in total. The number of carbonyl (C=O) groups excluding carboxylic acids is 1. The minimum absolute atomic E-state index is 0.0959. The molecule has 136 valence electrons. The van der Waals surface area contributed by atoms with Crippen LogP contribution in [-0.2, 0) is 11.2 Å². The second kappa shape index (κ2) is 8.01. The average molecular weight is 363 g/mol. The van der Waals surface area contributed by atoms with E-state index in [0.29, 0.717) is 17.3 Å². The molecule has 3 rings (SSSR count). The zero-order chi connectivity index (χ0) is 19.2. The van der Waals surface area contributed by atoms with E-state index in [2.05, 4.69) is 15.4 Å². The van der Waals surface area contributed by atoms with Crippen LogP contribution in [0, 0.1) is 11.3 Å². The number of aromatic nitrogens is 3. The Bertz CT molecular complexity index is 992. The predicted molar refractivity (Wildman–Crippen MR) is 98.0 cm³/mol. The Balaban J connectivity index is 1.83. The van der Waals surface area contributed by atoms with Gasteiger partial charge in [-0.2, -0.15) is 15.0 Å². The third-order valence-electron chi connectivity index (χ3n) is 3.83. The number of benzene rings is 1. The van der Waals surface area contributed by atoms with Crippen molar-refractivity contribution in [3.05, 3.63) is 59.9 Å². The Morgan fingerprint density at radius 3 is 2.70 bits per heavy atom. The van der Waals surface area contributed by atoms with E-state index in [0.717, 1.165) is 5.56 Å². The number of methoxy groups -OCH3 is 2. The zero-order valence-electron chi connectivity index (χ0n) is 14.8. The lowest BCUT2D eigenvalue weighted by atomic mass is 10.1. The summed E-state index contributed by atoms with van der Waals surface area (Å²) in [4.78, 5) is 16.7. The summed E-state index contributed by atoms with van der Waals surface area (Å²) in [5, 5.41) is 16.2. The standard InChI is InChI=1S/C19H17N5O3/c1-26-15-7-6-13(9-16(15)27-2)10-18(25)23-19-14(11-20)12-22-24(19)17-5-3-4-8-21-17/h3-9,12H,10H2,1-2H3,(H,23,25). The average Bonchev–Trinajstić information content (AvgIpc) is 3.10. The Hall–Kier alpha value is -3.86. The van der Waals surface area contributed by atoms with Crippen molar-refractivity contribution in [1.29, 1.82) is 5.26 Å². The molecule has 0 fully saturated rings. The molecule has 2 heterocycles. The molecule has 8 nitrogen and oxygen atoms in total. The third-order valence-corrected chi connectivity index (χ3v) is 3.83. The van der Waals surface area contributed by atoms with Crippen molar-refractivity contribution in [2.45, 2.75) is 6.42 Å². The number of rotatable bonds is 6. The fourth-order valence-corrected chi connectivity index (χ4v) is 2.56. The van der Waals surface area contributed by atoms with Gasteiger partial charge in [0.05, 0.1) is 26.8 Å². The summed E-state index contributed by atoms with van der Waals surface area (Å²) in [5.74, 6) is 1.61. The van der Waals surface area contributed by atoms with E-state index in [1.165, 1.54) is 18.0 Å². The van der Waals surface area contributed by atoms with Crippen molar-refractivity contribution in [3.8, 4) is 23.4 Å². The van der Waals surface area contributed by atoms with Crippen LogP contribution in [0.15, 0.2) is 48.8 Å². The number of nitriles is 1. The maximum Gasteiger partial charge on any atom is 0.229 e. The van der Waals surface area contributed by atoms with Crippen LogP contribution in [0.1, 0.15) is 11.1 Å². The van der Waals surface area contributed by atoms with Crippen LogP contribution >= 0.6 is 0 Å². The fourth-order valence-electron chi connectivity index (χ4n) is 2.56. The second-order valence-electron chi connectivity index (χ2n) is 5.53. The second-order valence-corrected chi connectivity index (χ2v) is 5.53. The first-order valence-electron chi connectivity index (χ1n) is 8.06. The summed E-state index contributed by atoms with van der Waals surface area (Å²) >= 11 is 0. The van der Waals surface area contributed by atoms with Gasteiger partial charge in [-0.05, 0) is 29.8 Å². The Morgan fingerprint density at radius 1 is 1.22 bits per heavy atom. The van der Waals surface area contributed by atoms with E-state index in [1.807, 2.05) is 6.07 Å². The van der Waals surface area contributed by atoms with Gasteiger partial charge in [0.25, 0.3) is 0 Å². The molecule has 1 aromatic carbocycles. The predicted octanol–water partition coefficient (Wildman–Crippen LogP) is 2.34. The van der Waals surface area contributed by atoms with E-state index in [-0.39, 0.29) is 23.7 Å². The molecule has 0 radical (unpaired) electrons. The zero-order valence-corrected chi connectivity index (χ0v) is 14.8. The third kappa shape index (κ3) is 3.88. The number of amides is 1. The number of ether oxygens (including phenoxy) is 2. The van der Waals surface area contributed by atoms with Crippen LogP contribution in [0.4, 0.5) is 5.82 Å². The smallest absolute Gasteiger partial charge is 0.229 e. The molecule has 0 aliphatic rings. The first-order valence-corrected chi connectivity index (χ1v) is 8.06. The number of pyridine rings is 1. The van der Waals surface area contributed by atoms with Crippen molar-refractivity contribution in [2.24, 2.45) is 0 Å². The maximum absolute atomic E-state index is 12.5. The van der Waals surface area contributed by atoms with E-state index in [1.54, 1.807) is 49.7 Å². The Kier molecular flexibility index (Phi) is 5.33. The van der Waals surface area contributed by atoms with Crippen LogP contribution in [0.5, 0.6) is 11.5 Å². The number of hydrogen-bond acceptors (Lipinski definition) is 6. The van der Waals surface area contributed by atoms with Crippen molar-refractivity contribution in [1.82, 2.24) is 14.8 Å². The molecule has 8 heteroatoms. The highest BCUT2D eigenvalue weighted by atomic mass is 16.5. The quantitative estimate of drug-likeness (QED) is 0.721. The first-order chi connectivity index (χ1) is 13.2. The molecule has 1 amide bonds. The number of hydrogen-bond donors (Lipinski definition) is 1. The first kappa shape index (κ1) is 17.9. The van der Waals surface area contributed by atoms with Gasteiger partial charge < -0.3 is 14.8 Å². The van der Waals surface area contributed by atoms with Gasteiger partial charge in [0.15, 0.2) is 23.1 Å². The minimum atomic E-state index is -0.295. The van der Waals surface area contributed by atoms with Gasteiger partial charge in [0, 0.05) is 6.20 Å². The van der Waals surface area contributed by atoms with Crippen LogP contribution in [-0.4, -0.2) is 34.9 Å². The highest BCUT2D eigenvalue weighted by Crippen LogP contribution is 2.28. The lowest BCUT2D eigenvalue weighted by Gasteiger charge is -2.11. The fraction of sp³-hybridized carbons (Fsp3) is 0.158. The molecule has 0 saturated carbocycles. The highest BCUT2D eigenvalue weighted by Gasteiger charge is 2.16. The number of carbonyl (C=O) groups is 1. The molecule has 0 saturated heterocycles. The van der Waals surface area contributed by atoms with Crippen LogP contribution < -0.4 is 14.8 Å². The molecule has 0 atom stereocenters. The van der Waals surface area contributed by atoms with E-state index >= 15 is 0 Å². The van der Waals surface area contributed by atoms with Crippen molar-refractivity contribution < 1.29 is 14.3 Å². The molecule has 3 aromatic rings. The number of nitrogens with one attached hydrogen (secondary N) is 1. The summed E-state index contributed by atoms with van der Waals surface area (Å²) in [6.07, 6.45) is 3.09. The van der Waals surface area contributed by atoms with Crippen molar-refractivity contribution in [2.75, 3.05) is 19.5 Å². The van der Waals surface area contributed by atoms with Gasteiger partial charge >= 0.3 is 0 Å². The summed E-state index contributed by atoms with van der Waals surface area (Å²) < 4.78 is 11.9. The summed E-state index contributed by atoms with van der Waals surface area (Å²) in [6.45, 7) is 0. The van der Waals surface area contributed by atoms with Crippen LogP contribution in [0.3, 0.4) is 0 Å². The minimum Gasteiger partial charge on any atom is -0.493 e. The van der Waals surface area contributed by atoms with E-state index < -0.39 is 0 Å². The molecule has 0 unspecified atom stereocenters. The molecule has 0 aliphatic carbocycles. The molecule has 0 aliphatic heterocycles. The van der Waals surface area contributed by atoms with E-state index in [9.17, 15) is 10.1 Å². The van der Waals surface area contributed by atoms with Gasteiger partial charge in [-0.3, -0.25) is 4.79 Å². The normalized spacial score (nSPS) is 10.1. The van der Waals surface area contributed by atoms with Gasteiger partial charge in [0.1, 0.15) is 11.6 Å². The molecule has 0 spiro atoms. The van der Waals surface area contributed by atoms with E-state index in [4.69, 9.17) is 9.47 Å². The molecule has 0 bridgehead atoms. The summed E-state index contributed by atoms with van der Waals surface area (Å²) in [5.41, 5.74) is 0.994. The summed E-state index contributed by atoms with van der Waals surface area (Å²) in [6, 6.07) is 12.6. The van der Waals surface area contributed by atoms with Gasteiger partial charge in [-0.15, -0.1) is 0 Å². The summed E-state index contributed by atoms with van der Waals surface area (Å²) in [7, 11) is 3.08. The molecular weight excluding hydrogens is 346 g/mol.